The molecule has 8 heteroatoms. The van der Waals surface area contributed by atoms with E-state index < -0.39 is 23.6 Å². The zero-order valence-corrected chi connectivity index (χ0v) is 20.7. The Labute approximate surface area is 200 Å². The van der Waals surface area contributed by atoms with Crippen LogP contribution < -0.4 is 5.32 Å². The summed E-state index contributed by atoms with van der Waals surface area (Å²) in [5.74, 6) is -0.736. The fourth-order valence-electron chi connectivity index (χ4n) is 4.74. The van der Waals surface area contributed by atoms with Crippen molar-refractivity contribution in [1.82, 2.24) is 25.5 Å². The summed E-state index contributed by atoms with van der Waals surface area (Å²) < 4.78 is 15.4. The van der Waals surface area contributed by atoms with Crippen molar-refractivity contribution < 1.29 is 14.3 Å². The van der Waals surface area contributed by atoms with Crippen molar-refractivity contribution in [2.24, 2.45) is 5.41 Å². The van der Waals surface area contributed by atoms with Gasteiger partial charge in [-0.25, -0.2) is 9.07 Å². The summed E-state index contributed by atoms with van der Waals surface area (Å²) in [5.41, 5.74) is 2.30. The Morgan fingerprint density at radius 3 is 2.32 bits per heavy atom. The second-order valence-electron chi connectivity index (χ2n) is 10.7. The molecule has 1 aromatic heterocycles. The molecular weight excluding hydrogens is 433 g/mol. The number of nitrogens with one attached hydrogen (secondary N) is 1. The predicted molar refractivity (Wildman–Crippen MR) is 129 cm³/mol. The third kappa shape index (κ3) is 6.26. The highest BCUT2D eigenvalue weighted by molar-refractivity contribution is 5.68. The van der Waals surface area contributed by atoms with Gasteiger partial charge < -0.3 is 5.11 Å². The molecule has 2 unspecified atom stereocenters. The molecule has 0 saturated carbocycles. The molecule has 0 spiro atoms. The average molecular weight is 468 g/mol. The van der Waals surface area contributed by atoms with Crippen LogP contribution in [-0.4, -0.2) is 31.3 Å². The molecule has 2 aromatic carbocycles. The summed E-state index contributed by atoms with van der Waals surface area (Å²) in [7, 11) is 0. The van der Waals surface area contributed by atoms with E-state index in [-0.39, 0.29) is 17.7 Å². The van der Waals surface area contributed by atoms with Crippen molar-refractivity contribution in [3.8, 4) is 0 Å². The number of aliphatic carboxylic acids is 1. The van der Waals surface area contributed by atoms with Crippen LogP contribution in [0, 0.1) is 18.2 Å². The molecule has 3 aromatic rings. The smallest absolute Gasteiger partial charge is 0.305 e. The first-order valence-corrected chi connectivity index (χ1v) is 11.4. The normalized spacial score (nSPS) is 14.1. The Balaban J connectivity index is 2.11. The molecule has 0 radical (unpaired) electrons. The van der Waals surface area contributed by atoms with Gasteiger partial charge in [0.25, 0.3) is 0 Å². The zero-order valence-electron chi connectivity index (χ0n) is 20.7. The monoisotopic (exact) mass is 467 g/mol. The van der Waals surface area contributed by atoms with Gasteiger partial charge in [0.1, 0.15) is 5.82 Å². The minimum absolute atomic E-state index is 0.0399. The summed E-state index contributed by atoms with van der Waals surface area (Å²) in [6.07, 6.45) is 0.649. The van der Waals surface area contributed by atoms with Crippen molar-refractivity contribution in [3.63, 3.8) is 0 Å². The third-order valence-corrected chi connectivity index (χ3v) is 5.81. The third-order valence-electron chi connectivity index (χ3n) is 5.81. The lowest BCUT2D eigenvalue weighted by Gasteiger charge is -2.34. The van der Waals surface area contributed by atoms with E-state index in [1.807, 2.05) is 35.9 Å². The summed E-state index contributed by atoms with van der Waals surface area (Å²) in [4.78, 5) is 11.7. The summed E-state index contributed by atoms with van der Waals surface area (Å²) in [6, 6.07) is 12.7. The predicted octanol–water partition coefficient (Wildman–Crippen LogP) is 5.19. The lowest BCUT2D eigenvalue weighted by Crippen LogP contribution is -2.38. The molecule has 2 atom stereocenters. The van der Waals surface area contributed by atoms with E-state index in [0.717, 1.165) is 17.5 Å². The first-order valence-electron chi connectivity index (χ1n) is 11.4. The molecule has 0 saturated heterocycles. The van der Waals surface area contributed by atoms with E-state index in [2.05, 4.69) is 55.5 Å². The van der Waals surface area contributed by atoms with Gasteiger partial charge in [0.2, 0.25) is 0 Å². The van der Waals surface area contributed by atoms with Crippen LogP contribution in [0.2, 0.25) is 0 Å². The average Bonchev–Trinajstić information content (AvgIpc) is 3.21. The molecule has 3 rings (SSSR count). The number of carbonyl (C=O) groups is 1. The molecule has 1 heterocycles. The largest absolute Gasteiger partial charge is 0.481 e. The van der Waals surface area contributed by atoms with Crippen LogP contribution in [0.25, 0.3) is 0 Å². The minimum atomic E-state index is -0.960. The second-order valence-corrected chi connectivity index (χ2v) is 10.7. The van der Waals surface area contributed by atoms with Gasteiger partial charge in [-0.3, -0.25) is 10.1 Å². The van der Waals surface area contributed by atoms with Gasteiger partial charge in [-0.15, -0.1) is 5.10 Å². The number of hydrogen-bond acceptors (Lipinski definition) is 5. The number of nitrogens with zero attached hydrogens (tertiary/aromatic N) is 4. The number of tetrazole rings is 1. The number of carboxylic acids is 1. The van der Waals surface area contributed by atoms with Gasteiger partial charge >= 0.3 is 5.97 Å². The van der Waals surface area contributed by atoms with Gasteiger partial charge in [0.05, 0.1) is 18.0 Å². The molecule has 0 aliphatic carbocycles. The number of halogens is 1. The van der Waals surface area contributed by atoms with Crippen molar-refractivity contribution in [2.75, 3.05) is 0 Å². The topological polar surface area (TPSA) is 92.9 Å². The van der Waals surface area contributed by atoms with Gasteiger partial charge in [0, 0.05) is 6.04 Å². The molecule has 34 heavy (non-hydrogen) atoms. The van der Waals surface area contributed by atoms with Gasteiger partial charge in [-0.05, 0) is 71.9 Å². The highest BCUT2D eigenvalue weighted by atomic mass is 19.1. The van der Waals surface area contributed by atoms with Crippen LogP contribution in [0.5, 0.6) is 0 Å². The Morgan fingerprint density at radius 1 is 1.09 bits per heavy atom. The molecule has 182 valence electrons. The molecular formula is C26H34FN5O2. The summed E-state index contributed by atoms with van der Waals surface area (Å²) >= 11 is 0. The van der Waals surface area contributed by atoms with E-state index >= 15 is 0 Å². The SMILES string of the molecule is Cc1ccccc1C(NC(CC(=O)O)c1ccc(F)cc1)c1nnnn1C(C)(C)CC(C)(C)C. The van der Waals surface area contributed by atoms with Crippen LogP contribution in [0.3, 0.4) is 0 Å². The van der Waals surface area contributed by atoms with Gasteiger partial charge in [-0.2, -0.15) is 0 Å². The van der Waals surface area contributed by atoms with Gasteiger partial charge in [-0.1, -0.05) is 57.2 Å². The highest BCUT2D eigenvalue weighted by Gasteiger charge is 2.35. The van der Waals surface area contributed by atoms with Gasteiger partial charge in [0.15, 0.2) is 5.82 Å². The second kappa shape index (κ2) is 10.0. The molecule has 0 aliphatic rings. The highest BCUT2D eigenvalue weighted by Crippen LogP contribution is 2.35. The van der Waals surface area contributed by atoms with Crippen LogP contribution in [0.4, 0.5) is 4.39 Å². The summed E-state index contributed by atoms with van der Waals surface area (Å²) in [5, 5.41) is 25.9. The number of rotatable bonds is 9. The quantitative estimate of drug-likeness (QED) is 0.450. The van der Waals surface area contributed by atoms with E-state index in [1.165, 1.54) is 12.1 Å². The Morgan fingerprint density at radius 2 is 1.74 bits per heavy atom. The number of benzene rings is 2. The molecule has 0 fully saturated rings. The molecule has 0 amide bonds. The maximum atomic E-state index is 13.6. The molecule has 0 aliphatic heterocycles. The number of carboxylic acid groups (broad SMARTS) is 1. The van der Waals surface area contributed by atoms with Crippen LogP contribution in [0.15, 0.2) is 48.5 Å². The zero-order chi connectivity index (χ0) is 25.1. The molecule has 0 bridgehead atoms. The lowest BCUT2D eigenvalue weighted by atomic mass is 9.81. The van der Waals surface area contributed by atoms with Crippen molar-refractivity contribution in [2.45, 2.75) is 72.0 Å². The number of hydrogen-bond donors (Lipinski definition) is 2. The van der Waals surface area contributed by atoms with E-state index in [0.29, 0.717) is 11.4 Å². The van der Waals surface area contributed by atoms with Crippen LogP contribution >= 0.6 is 0 Å². The first kappa shape index (κ1) is 25.5. The Kier molecular flexibility index (Phi) is 7.51. The van der Waals surface area contributed by atoms with Crippen molar-refractivity contribution in [1.29, 1.82) is 0 Å². The summed E-state index contributed by atoms with van der Waals surface area (Å²) in [6.45, 7) is 12.7. The lowest BCUT2D eigenvalue weighted by molar-refractivity contribution is -0.137. The fraction of sp³-hybridized carbons (Fsp3) is 0.462. The molecule has 7 nitrogen and oxygen atoms in total. The number of aryl methyl sites for hydroxylation is 1. The van der Waals surface area contributed by atoms with E-state index in [4.69, 9.17) is 0 Å². The van der Waals surface area contributed by atoms with Crippen molar-refractivity contribution in [3.05, 3.63) is 76.9 Å². The minimum Gasteiger partial charge on any atom is -0.481 e. The van der Waals surface area contributed by atoms with E-state index in [9.17, 15) is 14.3 Å². The maximum absolute atomic E-state index is 13.6. The van der Waals surface area contributed by atoms with Crippen molar-refractivity contribution >= 4 is 5.97 Å². The Hall–Kier alpha value is -3.13. The van der Waals surface area contributed by atoms with Crippen LogP contribution in [-0.2, 0) is 10.3 Å². The number of aromatic nitrogens is 4. The van der Waals surface area contributed by atoms with E-state index in [1.54, 1.807) is 12.1 Å². The standard InChI is InChI=1S/C26H34FN5O2/c1-17-9-7-8-10-20(17)23(24-29-30-31-32(24)26(5,6)16-25(2,3)4)28-21(15-22(33)34)18-11-13-19(27)14-12-18/h7-14,21,23,28H,15-16H2,1-6H3,(H,33,34). The maximum Gasteiger partial charge on any atom is 0.305 e. The first-order chi connectivity index (χ1) is 15.9. The molecule has 2 N–H and O–H groups in total. The Bertz CT molecular complexity index is 1120. The van der Waals surface area contributed by atoms with Crippen LogP contribution in [0.1, 0.15) is 82.1 Å². The fourth-order valence-corrected chi connectivity index (χ4v) is 4.74.